The lowest BCUT2D eigenvalue weighted by Gasteiger charge is -2.07. The molecule has 0 bridgehead atoms. The van der Waals surface area contributed by atoms with Gasteiger partial charge in [0.25, 0.3) is 0 Å². The van der Waals surface area contributed by atoms with E-state index < -0.39 is 0 Å². The van der Waals surface area contributed by atoms with Crippen LogP contribution in [-0.4, -0.2) is 14.8 Å². The Hall–Kier alpha value is -1.59. The molecule has 3 rings (SSSR count). The van der Waals surface area contributed by atoms with Crippen LogP contribution in [0.4, 0.5) is 0 Å². The summed E-state index contributed by atoms with van der Waals surface area (Å²) in [5, 5.41) is 12.1. The van der Waals surface area contributed by atoms with Gasteiger partial charge < -0.3 is 4.57 Å². The maximum absolute atomic E-state index is 4.46. The van der Waals surface area contributed by atoms with Crippen molar-refractivity contribution in [3.63, 3.8) is 0 Å². The van der Waals surface area contributed by atoms with Crippen LogP contribution < -0.4 is 0 Å². The van der Waals surface area contributed by atoms with Crippen molar-refractivity contribution in [2.75, 3.05) is 0 Å². The standard InChI is InChI=1S/C18H21N3S2/c1-5-21-17(16-11-22-14(4)13(16)3)19-20-18(21)23-10-15-8-6-7-12(2)9-15/h6-9,11H,5,10H2,1-4H3. The molecule has 5 heteroatoms. The summed E-state index contributed by atoms with van der Waals surface area (Å²) in [7, 11) is 0. The normalized spacial score (nSPS) is 11.1. The average Bonchev–Trinajstić information content (AvgIpc) is 3.09. The summed E-state index contributed by atoms with van der Waals surface area (Å²) in [4.78, 5) is 1.35. The number of hydrogen-bond acceptors (Lipinski definition) is 4. The molecule has 3 nitrogen and oxygen atoms in total. The summed E-state index contributed by atoms with van der Waals surface area (Å²) in [6.07, 6.45) is 0. The minimum atomic E-state index is 0.882. The molecule has 23 heavy (non-hydrogen) atoms. The minimum absolute atomic E-state index is 0.882. The van der Waals surface area contributed by atoms with E-state index in [4.69, 9.17) is 0 Å². The molecule has 0 radical (unpaired) electrons. The molecule has 2 heterocycles. The van der Waals surface area contributed by atoms with Crippen molar-refractivity contribution in [2.45, 2.75) is 45.1 Å². The zero-order valence-corrected chi connectivity index (χ0v) is 15.6. The maximum Gasteiger partial charge on any atom is 0.191 e. The lowest BCUT2D eigenvalue weighted by Crippen LogP contribution is -2.00. The number of rotatable bonds is 5. The van der Waals surface area contributed by atoms with Gasteiger partial charge in [0.05, 0.1) is 0 Å². The number of aryl methyl sites for hydroxylation is 2. The van der Waals surface area contributed by atoms with Gasteiger partial charge in [-0.2, -0.15) is 0 Å². The molecule has 0 atom stereocenters. The van der Waals surface area contributed by atoms with Crippen LogP contribution in [0, 0.1) is 20.8 Å². The second kappa shape index (κ2) is 6.89. The summed E-state index contributed by atoms with van der Waals surface area (Å²) in [5.74, 6) is 1.91. The number of thiophene rings is 1. The Morgan fingerprint density at radius 3 is 2.65 bits per heavy atom. The Balaban J connectivity index is 1.85. The first-order chi connectivity index (χ1) is 11.1. The molecule has 0 fully saturated rings. The third-order valence-corrected chi connectivity index (χ3v) is 6.06. The summed E-state index contributed by atoms with van der Waals surface area (Å²) < 4.78 is 2.22. The Morgan fingerprint density at radius 1 is 1.17 bits per heavy atom. The highest BCUT2D eigenvalue weighted by molar-refractivity contribution is 7.98. The van der Waals surface area contributed by atoms with E-state index in [9.17, 15) is 0 Å². The fourth-order valence-corrected chi connectivity index (χ4v) is 4.37. The van der Waals surface area contributed by atoms with Gasteiger partial charge in [0.1, 0.15) is 0 Å². The second-order valence-corrected chi connectivity index (χ2v) is 7.69. The highest BCUT2D eigenvalue weighted by Gasteiger charge is 2.16. The Labute approximate surface area is 145 Å². The predicted octanol–water partition coefficient (Wildman–Crippen LogP) is 5.24. The molecular formula is C18H21N3S2. The molecule has 0 N–H and O–H groups in total. The van der Waals surface area contributed by atoms with E-state index >= 15 is 0 Å². The van der Waals surface area contributed by atoms with Crippen LogP contribution in [-0.2, 0) is 12.3 Å². The van der Waals surface area contributed by atoms with Crippen molar-refractivity contribution in [3.8, 4) is 11.4 Å². The van der Waals surface area contributed by atoms with E-state index in [0.717, 1.165) is 23.3 Å². The van der Waals surface area contributed by atoms with Crippen molar-refractivity contribution in [1.82, 2.24) is 14.8 Å². The van der Waals surface area contributed by atoms with Crippen molar-refractivity contribution in [3.05, 3.63) is 51.2 Å². The Bertz CT molecular complexity index is 818. The second-order valence-electron chi connectivity index (χ2n) is 5.66. The number of hydrogen-bond donors (Lipinski definition) is 0. The van der Waals surface area contributed by atoms with Crippen LogP contribution in [0.2, 0.25) is 0 Å². The molecule has 0 aliphatic heterocycles. The Kier molecular flexibility index (Phi) is 4.87. The van der Waals surface area contributed by atoms with Crippen molar-refractivity contribution >= 4 is 23.1 Å². The molecule has 3 aromatic rings. The SMILES string of the molecule is CCn1c(SCc2cccc(C)c2)nnc1-c1csc(C)c1C. The zero-order chi connectivity index (χ0) is 16.4. The van der Waals surface area contributed by atoms with Gasteiger partial charge in [-0.1, -0.05) is 41.6 Å². The van der Waals surface area contributed by atoms with Crippen LogP contribution in [0.3, 0.4) is 0 Å². The average molecular weight is 344 g/mol. The molecule has 0 aliphatic rings. The monoisotopic (exact) mass is 343 g/mol. The molecule has 0 amide bonds. The van der Waals surface area contributed by atoms with Gasteiger partial charge >= 0.3 is 0 Å². The summed E-state index contributed by atoms with van der Waals surface area (Å²) in [5.41, 5.74) is 5.14. The fourth-order valence-electron chi connectivity index (χ4n) is 2.56. The summed E-state index contributed by atoms with van der Waals surface area (Å²) in [6, 6.07) is 8.63. The first-order valence-electron chi connectivity index (χ1n) is 7.76. The molecule has 0 unspecified atom stereocenters. The molecule has 0 saturated carbocycles. The smallest absolute Gasteiger partial charge is 0.191 e. The van der Waals surface area contributed by atoms with Gasteiger partial charge in [0.2, 0.25) is 0 Å². The lowest BCUT2D eigenvalue weighted by atomic mass is 10.1. The minimum Gasteiger partial charge on any atom is -0.302 e. The van der Waals surface area contributed by atoms with Gasteiger partial charge in [-0.15, -0.1) is 21.5 Å². The largest absolute Gasteiger partial charge is 0.302 e. The predicted molar refractivity (Wildman–Crippen MR) is 99.2 cm³/mol. The van der Waals surface area contributed by atoms with Crippen LogP contribution in [0.5, 0.6) is 0 Å². The van der Waals surface area contributed by atoms with Crippen LogP contribution in [0.15, 0.2) is 34.8 Å². The highest BCUT2D eigenvalue weighted by atomic mass is 32.2. The molecule has 120 valence electrons. The number of nitrogens with zero attached hydrogens (tertiary/aromatic N) is 3. The van der Waals surface area contributed by atoms with Crippen molar-refractivity contribution < 1.29 is 0 Å². The van der Waals surface area contributed by atoms with Crippen molar-refractivity contribution in [2.24, 2.45) is 0 Å². The molecular weight excluding hydrogens is 322 g/mol. The number of aromatic nitrogens is 3. The van der Waals surface area contributed by atoms with Gasteiger partial charge in [0.15, 0.2) is 11.0 Å². The fraction of sp³-hybridized carbons (Fsp3) is 0.333. The van der Waals surface area contributed by atoms with E-state index in [1.165, 1.54) is 27.1 Å². The molecule has 0 saturated heterocycles. The Morgan fingerprint density at radius 2 is 2.00 bits per heavy atom. The zero-order valence-electron chi connectivity index (χ0n) is 14.0. The quantitative estimate of drug-likeness (QED) is 0.593. The molecule has 2 aromatic heterocycles. The van der Waals surface area contributed by atoms with E-state index in [1.807, 2.05) is 0 Å². The van der Waals surface area contributed by atoms with Gasteiger partial charge in [0, 0.05) is 28.1 Å². The van der Waals surface area contributed by atoms with Crippen LogP contribution in [0.1, 0.15) is 28.5 Å². The van der Waals surface area contributed by atoms with E-state index in [0.29, 0.717) is 0 Å². The molecule has 0 spiro atoms. The number of benzene rings is 1. The van der Waals surface area contributed by atoms with Crippen LogP contribution in [0.25, 0.3) is 11.4 Å². The van der Waals surface area contributed by atoms with E-state index in [1.54, 1.807) is 23.1 Å². The van der Waals surface area contributed by atoms with E-state index in [2.05, 4.69) is 72.1 Å². The first-order valence-corrected chi connectivity index (χ1v) is 9.63. The first kappa shape index (κ1) is 16.3. The van der Waals surface area contributed by atoms with E-state index in [-0.39, 0.29) is 0 Å². The van der Waals surface area contributed by atoms with Crippen LogP contribution >= 0.6 is 23.1 Å². The third kappa shape index (κ3) is 3.35. The molecule has 1 aromatic carbocycles. The topological polar surface area (TPSA) is 30.7 Å². The molecule has 0 aliphatic carbocycles. The third-order valence-electron chi connectivity index (χ3n) is 4.01. The van der Waals surface area contributed by atoms with Crippen molar-refractivity contribution in [1.29, 1.82) is 0 Å². The lowest BCUT2D eigenvalue weighted by molar-refractivity contribution is 0.687. The van der Waals surface area contributed by atoms with Gasteiger partial charge in [-0.05, 0) is 38.8 Å². The summed E-state index contributed by atoms with van der Waals surface area (Å²) in [6.45, 7) is 9.48. The van der Waals surface area contributed by atoms with Gasteiger partial charge in [-0.3, -0.25) is 0 Å². The highest BCUT2D eigenvalue weighted by Crippen LogP contribution is 2.32. The summed E-state index contributed by atoms with van der Waals surface area (Å²) >= 11 is 3.53. The van der Waals surface area contributed by atoms with Gasteiger partial charge in [-0.25, -0.2) is 0 Å². The number of thioether (sulfide) groups is 1. The maximum atomic E-state index is 4.46.